The third kappa shape index (κ3) is 4.47. The molecule has 2 aromatic carbocycles. The van der Waals surface area contributed by atoms with Crippen LogP contribution in [-0.4, -0.2) is 46.5 Å². The Morgan fingerprint density at radius 2 is 1.76 bits per heavy atom. The van der Waals surface area contributed by atoms with E-state index in [0.717, 1.165) is 44.5 Å². The molecule has 1 N–H and O–H groups in total. The predicted octanol–water partition coefficient (Wildman–Crippen LogP) is 3.32. The molecular formula is C22H28FN3O2S. The van der Waals surface area contributed by atoms with Gasteiger partial charge in [0.25, 0.3) is 0 Å². The van der Waals surface area contributed by atoms with E-state index in [1.807, 2.05) is 0 Å². The van der Waals surface area contributed by atoms with Gasteiger partial charge in [0.1, 0.15) is 5.82 Å². The maximum absolute atomic E-state index is 13.2. The van der Waals surface area contributed by atoms with Crippen LogP contribution in [0, 0.1) is 5.82 Å². The summed E-state index contributed by atoms with van der Waals surface area (Å²) in [5.74, 6) is -0.446. The molecule has 0 aromatic heterocycles. The summed E-state index contributed by atoms with van der Waals surface area (Å²) in [6.07, 6.45) is 4.51. The second kappa shape index (κ2) is 8.42. The van der Waals surface area contributed by atoms with Crippen LogP contribution in [0.5, 0.6) is 0 Å². The number of likely N-dealkylation sites (N-methyl/N-ethyl adjacent to an activating group) is 1. The fourth-order valence-electron chi connectivity index (χ4n) is 4.37. The lowest BCUT2D eigenvalue weighted by atomic mass is 9.99. The molecule has 4 rings (SSSR count). The van der Waals surface area contributed by atoms with Gasteiger partial charge in [-0.3, -0.25) is 4.90 Å². The van der Waals surface area contributed by atoms with E-state index in [1.165, 1.54) is 41.9 Å². The van der Waals surface area contributed by atoms with Crippen molar-refractivity contribution in [1.29, 1.82) is 0 Å². The summed E-state index contributed by atoms with van der Waals surface area (Å²) in [6, 6.07) is 11.5. The van der Waals surface area contributed by atoms with Crippen LogP contribution in [0.25, 0.3) is 0 Å². The van der Waals surface area contributed by atoms with Crippen LogP contribution in [0.15, 0.2) is 47.4 Å². The van der Waals surface area contributed by atoms with E-state index in [-0.39, 0.29) is 10.9 Å². The van der Waals surface area contributed by atoms with Crippen molar-refractivity contribution in [2.24, 2.45) is 0 Å². The first kappa shape index (κ1) is 20.3. The molecule has 7 heteroatoms. The number of nitrogens with zero attached hydrogens (tertiary/aromatic N) is 2. The molecule has 1 atom stereocenters. The Morgan fingerprint density at radius 1 is 1.03 bits per heavy atom. The van der Waals surface area contributed by atoms with Crippen LogP contribution in [0.4, 0.5) is 10.1 Å². The number of piperidine rings is 1. The maximum atomic E-state index is 13.2. The molecule has 0 saturated carbocycles. The summed E-state index contributed by atoms with van der Waals surface area (Å²) in [6.45, 7) is 3.26. The van der Waals surface area contributed by atoms with Crippen molar-refractivity contribution in [2.45, 2.75) is 36.6 Å². The summed E-state index contributed by atoms with van der Waals surface area (Å²) in [5, 5.41) is 0. The quantitative estimate of drug-likeness (QED) is 0.783. The lowest BCUT2D eigenvalue weighted by Gasteiger charge is -2.35. The van der Waals surface area contributed by atoms with E-state index in [1.54, 1.807) is 0 Å². The van der Waals surface area contributed by atoms with E-state index in [0.29, 0.717) is 6.54 Å². The Morgan fingerprint density at radius 3 is 2.48 bits per heavy atom. The summed E-state index contributed by atoms with van der Waals surface area (Å²) in [4.78, 5) is 4.73. The van der Waals surface area contributed by atoms with Gasteiger partial charge in [0.05, 0.1) is 4.90 Å². The highest BCUT2D eigenvalue weighted by atomic mass is 32.2. The van der Waals surface area contributed by atoms with E-state index in [9.17, 15) is 12.8 Å². The Balaban J connectivity index is 1.57. The molecule has 2 aliphatic heterocycles. The van der Waals surface area contributed by atoms with Gasteiger partial charge in [0.2, 0.25) is 10.0 Å². The minimum atomic E-state index is -3.69. The Hall–Kier alpha value is -1.96. The first-order valence-electron chi connectivity index (χ1n) is 10.3. The summed E-state index contributed by atoms with van der Waals surface area (Å²) in [7, 11) is -1.59. The van der Waals surface area contributed by atoms with Gasteiger partial charge in [-0.25, -0.2) is 17.5 Å². The number of likely N-dealkylation sites (tertiary alicyclic amines) is 1. The molecule has 2 aromatic rings. The summed E-state index contributed by atoms with van der Waals surface area (Å²) < 4.78 is 41.4. The summed E-state index contributed by atoms with van der Waals surface area (Å²) >= 11 is 0. The van der Waals surface area contributed by atoms with Crippen molar-refractivity contribution in [3.8, 4) is 0 Å². The molecule has 29 heavy (non-hydrogen) atoms. The number of fused-ring (bicyclic) bond motifs is 1. The molecule has 0 unspecified atom stereocenters. The van der Waals surface area contributed by atoms with Gasteiger partial charge in [-0.1, -0.05) is 18.6 Å². The predicted molar refractivity (Wildman–Crippen MR) is 113 cm³/mol. The summed E-state index contributed by atoms with van der Waals surface area (Å²) in [5.41, 5.74) is 3.74. The Bertz CT molecular complexity index is 957. The molecule has 156 valence electrons. The second-order valence-corrected chi connectivity index (χ2v) is 9.74. The fraction of sp³-hybridized carbons (Fsp3) is 0.455. The molecule has 2 aliphatic rings. The van der Waals surface area contributed by atoms with Crippen molar-refractivity contribution in [2.75, 3.05) is 38.1 Å². The van der Waals surface area contributed by atoms with E-state index in [2.05, 4.69) is 39.8 Å². The molecule has 0 bridgehead atoms. The van der Waals surface area contributed by atoms with Crippen molar-refractivity contribution in [1.82, 2.24) is 9.62 Å². The Kier molecular flexibility index (Phi) is 5.90. The lowest BCUT2D eigenvalue weighted by molar-refractivity contribution is 0.164. The first-order valence-corrected chi connectivity index (χ1v) is 11.8. The highest BCUT2D eigenvalue weighted by Crippen LogP contribution is 2.32. The van der Waals surface area contributed by atoms with E-state index < -0.39 is 15.8 Å². The van der Waals surface area contributed by atoms with Crippen LogP contribution in [0.1, 0.15) is 36.4 Å². The molecule has 0 aliphatic carbocycles. The van der Waals surface area contributed by atoms with Gasteiger partial charge >= 0.3 is 0 Å². The highest BCUT2D eigenvalue weighted by molar-refractivity contribution is 7.89. The lowest BCUT2D eigenvalue weighted by Crippen LogP contribution is -2.40. The van der Waals surface area contributed by atoms with E-state index >= 15 is 0 Å². The number of hydrogen-bond acceptors (Lipinski definition) is 4. The molecular weight excluding hydrogens is 389 g/mol. The van der Waals surface area contributed by atoms with Crippen LogP contribution in [0.3, 0.4) is 0 Å². The van der Waals surface area contributed by atoms with Crippen molar-refractivity contribution < 1.29 is 12.8 Å². The van der Waals surface area contributed by atoms with Gasteiger partial charge in [0, 0.05) is 31.9 Å². The number of sulfonamides is 1. The molecule has 2 heterocycles. The Labute approximate surface area is 172 Å². The van der Waals surface area contributed by atoms with Gasteiger partial charge in [-0.15, -0.1) is 0 Å². The number of halogens is 1. The van der Waals surface area contributed by atoms with Crippen LogP contribution in [-0.2, 0) is 16.4 Å². The fourth-order valence-corrected chi connectivity index (χ4v) is 5.41. The number of nitrogens with one attached hydrogen (secondary N) is 1. The molecule has 0 spiro atoms. The zero-order valence-corrected chi connectivity index (χ0v) is 17.6. The zero-order chi connectivity index (χ0) is 20.4. The highest BCUT2D eigenvalue weighted by Gasteiger charge is 2.26. The number of anilines is 1. The van der Waals surface area contributed by atoms with Gasteiger partial charge < -0.3 is 4.90 Å². The van der Waals surface area contributed by atoms with Gasteiger partial charge in [0.15, 0.2) is 0 Å². The molecule has 1 fully saturated rings. The first-order chi connectivity index (χ1) is 13.9. The SMILES string of the molecule is CN1CCc2cc([C@@H](CNS(=O)(=O)c3ccc(F)cc3)N3CCCCC3)ccc21. The molecule has 0 radical (unpaired) electrons. The van der Waals surface area contributed by atoms with Crippen LogP contribution >= 0.6 is 0 Å². The smallest absolute Gasteiger partial charge is 0.240 e. The van der Waals surface area contributed by atoms with E-state index in [4.69, 9.17) is 0 Å². The zero-order valence-electron chi connectivity index (χ0n) is 16.8. The molecule has 1 saturated heterocycles. The molecule has 0 amide bonds. The van der Waals surface area contributed by atoms with Crippen molar-refractivity contribution in [3.05, 3.63) is 59.4 Å². The van der Waals surface area contributed by atoms with Crippen molar-refractivity contribution >= 4 is 15.7 Å². The maximum Gasteiger partial charge on any atom is 0.240 e. The van der Waals surface area contributed by atoms with Gasteiger partial charge in [-0.05, 0) is 73.8 Å². The minimum Gasteiger partial charge on any atom is -0.374 e. The average Bonchev–Trinajstić information content (AvgIpc) is 3.09. The van der Waals surface area contributed by atoms with Crippen LogP contribution in [0.2, 0.25) is 0 Å². The number of rotatable bonds is 6. The topological polar surface area (TPSA) is 52.7 Å². The molecule has 5 nitrogen and oxygen atoms in total. The van der Waals surface area contributed by atoms with Crippen molar-refractivity contribution in [3.63, 3.8) is 0 Å². The van der Waals surface area contributed by atoms with Gasteiger partial charge in [-0.2, -0.15) is 0 Å². The number of hydrogen-bond donors (Lipinski definition) is 1. The van der Waals surface area contributed by atoms with Crippen LogP contribution < -0.4 is 9.62 Å². The normalized spacial score (nSPS) is 18.6. The average molecular weight is 418 g/mol. The third-order valence-electron chi connectivity index (χ3n) is 6.04. The monoisotopic (exact) mass is 417 g/mol. The second-order valence-electron chi connectivity index (χ2n) is 7.98. The standard InChI is InChI=1S/C22H28FN3O2S/c1-25-14-11-18-15-17(5-10-21(18)25)22(26-12-3-2-4-13-26)16-24-29(27,28)20-8-6-19(23)7-9-20/h5-10,15,22,24H,2-4,11-14,16H2,1H3/t22-/m1/s1. The largest absolute Gasteiger partial charge is 0.374 e. The minimum absolute atomic E-state index is 0.0123. The number of benzene rings is 2. The third-order valence-corrected chi connectivity index (χ3v) is 7.48.